The minimum absolute atomic E-state index is 0.741. The highest BCUT2D eigenvalue weighted by Gasteiger charge is 2.03. The summed E-state index contributed by atoms with van der Waals surface area (Å²) in [5.41, 5.74) is 1.83. The Morgan fingerprint density at radius 3 is 2.85 bits per heavy atom. The van der Waals surface area contributed by atoms with Crippen molar-refractivity contribution in [2.24, 2.45) is 0 Å². The van der Waals surface area contributed by atoms with E-state index >= 15 is 0 Å². The molecule has 0 spiro atoms. The topological polar surface area (TPSA) is 38.9 Å². The summed E-state index contributed by atoms with van der Waals surface area (Å²) in [6.45, 7) is 1.86. The molecule has 0 bridgehead atoms. The molecule has 0 aliphatic heterocycles. The summed E-state index contributed by atoms with van der Waals surface area (Å²) in [7, 11) is 0. The van der Waals surface area contributed by atoms with E-state index in [-0.39, 0.29) is 0 Å². The van der Waals surface area contributed by atoms with E-state index in [0.29, 0.717) is 0 Å². The van der Waals surface area contributed by atoms with E-state index in [9.17, 15) is 0 Å². The molecule has 2 aromatic rings. The van der Waals surface area contributed by atoms with Gasteiger partial charge in [-0.1, -0.05) is 0 Å². The molecule has 66 valence electrons. The Kier molecular flexibility index (Phi) is 2.14. The number of nitrogens with zero attached hydrogens (tertiary/aromatic N) is 2. The Balaban J connectivity index is 2.53. The Labute approximate surface area is 84.0 Å². The van der Waals surface area contributed by atoms with Gasteiger partial charge in [-0.3, -0.25) is 0 Å². The molecule has 0 atom stereocenters. The van der Waals surface area contributed by atoms with Crippen LogP contribution in [-0.4, -0.2) is 9.97 Å². The van der Waals surface area contributed by atoms with Crippen LogP contribution in [-0.2, 0) is 0 Å². The van der Waals surface area contributed by atoms with E-state index < -0.39 is 0 Å². The highest BCUT2D eigenvalue weighted by atomic mass is 79.9. The molecule has 0 N–H and O–H groups in total. The van der Waals surface area contributed by atoms with Crippen LogP contribution in [0, 0.1) is 6.92 Å². The van der Waals surface area contributed by atoms with Gasteiger partial charge < -0.3 is 4.42 Å². The Morgan fingerprint density at radius 1 is 1.38 bits per heavy atom. The third-order valence-electron chi connectivity index (χ3n) is 1.62. The molecule has 3 nitrogen and oxygen atoms in total. The molecule has 0 aromatic carbocycles. The molecular formula is C9H7BrN2O. The van der Waals surface area contributed by atoms with Crippen molar-refractivity contribution in [3.05, 3.63) is 35.1 Å². The van der Waals surface area contributed by atoms with Crippen molar-refractivity contribution in [1.82, 2.24) is 9.97 Å². The summed E-state index contributed by atoms with van der Waals surface area (Å²) in [6.07, 6.45) is 3.29. The van der Waals surface area contributed by atoms with Gasteiger partial charge in [0.1, 0.15) is 10.4 Å². The van der Waals surface area contributed by atoms with Crippen LogP contribution in [0.2, 0.25) is 0 Å². The lowest BCUT2D eigenvalue weighted by Crippen LogP contribution is -1.90. The maximum Gasteiger partial charge on any atom is 0.127 e. The number of halogens is 1. The lowest BCUT2D eigenvalue weighted by atomic mass is 10.2. The molecule has 2 heterocycles. The summed E-state index contributed by atoms with van der Waals surface area (Å²) in [6, 6.07) is 3.73. The van der Waals surface area contributed by atoms with Crippen LogP contribution < -0.4 is 0 Å². The largest absolute Gasteiger partial charge is 0.472 e. The average molecular weight is 239 g/mol. The van der Waals surface area contributed by atoms with Crippen molar-refractivity contribution in [3.8, 4) is 11.3 Å². The fraction of sp³-hybridized carbons (Fsp3) is 0.111. The second kappa shape index (κ2) is 3.30. The van der Waals surface area contributed by atoms with E-state index in [1.54, 1.807) is 12.5 Å². The average Bonchev–Trinajstić information content (AvgIpc) is 2.53. The Hall–Kier alpha value is -1.16. The molecule has 0 aliphatic carbocycles. The number of hydrogen-bond acceptors (Lipinski definition) is 3. The normalized spacial score (nSPS) is 10.3. The molecule has 0 aliphatic rings. The molecule has 2 aromatic heterocycles. The van der Waals surface area contributed by atoms with Crippen molar-refractivity contribution >= 4 is 15.9 Å². The molecule has 0 radical (unpaired) electrons. The van der Waals surface area contributed by atoms with E-state index in [1.807, 2.05) is 19.1 Å². The van der Waals surface area contributed by atoms with Crippen LogP contribution in [0.5, 0.6) is 0 Å². The van der Waals surface area contributed by atoms with Crippen LogP contribution in [0.4, 0.5) is 0 Å². The Bertz CT molecular complexity index is 391. The van der Waals surface area contributed by atoms with Gasteiger partial charge in [0.05, 0.1) is 18.2 Å². The SMILES string of the molecule is Cc1nc(Br)cc(-c2ccoc2)n1. The van der Waals surface area contributed by atoms with Gasteiger partial charge in [0.25, 0.3) is 0 Å². The quantitative estimate of drug-likeness (QED) is 0.718. The first-order chi connectivity index (χ1) is 6.25. The second-order valence-electron chi connectivity index (χ2n) is 2.64. The number of rotatable bonds is 1. The van der Waals surface area contributed by atoms with Crippen LogP contribution in [0.1, 0.15) is 5.82 Å². The minimum atomic E-state index is 0.741. The summed E-state index contributed by atoms with van der Waals surface area (Å²) >= 11 is 3.32. The third kappa shape index (κ3) is 1.78. The number of furan rings is 1. The van der Waals surface area contributed by atoms with Crippen molar-refractivity contribution in [3.63, 3.8) is 0 Å². The molecular weight excluding hydrogens is 232 g/mol. The van der Waals surface area contributed by atoms with E-state index in [2.05, 4.69) is 25.9 Å². The highest BCUT2D eigenvalue weighted by molar-refractivity contribution is 9.10. The molecule has 2 rings (SSSR count). The molecule has 0 amide bonds. The highest BCUT2D eigenvalue weighted by Crippen LogP contribution is 2.20. The van der Waals surface area contributed by atoms with Crippen LogP contribution in [0.15, 0.2) is 33.7 Å². The molecule has 13 heavy (non-hydrogen) atoms. The van der Waals surface area contributed by atoms with Crippen LogP contribution in [0.25, 0.3) is 11.3 Å². The third-order valence-corrected chi connectivity index (χ3v) is 2.03. The van der Waals surface area contributed by atoms with Gasteiger partial charge in [-0.15, -0.1) is 0 Å². The zero-order chi connectivity index (χ0) is 9.26. The van der Waals surface area contributed by atoms with Gasteiger partial charge in [0.15, 0.2) is 0 Å². The van der Waals surface area contributed by atoms with Gasteiger partial charge in [-0.05, 0) is 35.0 Å². The standard InChI is InChI=1S/C9H7BrN2O/c1-6-11-8(4-9(10)12-6)7-2-3-13-5-7/h2-5H,1H3. The van der Waals surface area contributed by atoms with Crippen molar-refractivity contribution in [2.45, 2.75) is 6.92 Å². The van der Waals surface area contributed by atoms with Crippen LogP contribution >= 0.6 is 15.9 Å². The lowest BCUT2D eigenvalue weighted by molar-refractivity contribution is 0.568. The zero-order valence-corrected chi connectivity index (χ0v) is 8.58. The van der Waals surface area contributed by atoms with Crippen LogP contribution in [0.3, 0.4) is 0 Å². The van der Waals surface area contributed by atoms with E-state index in [0.717, 1.165) is 21.7 Å². The second-order valence-corrected chi connectivity index (χ2v) is 3.45. The maximum absolute atomic E-state index is 4.97. The fourth-order valence-corrected chi connectivity index (χ4v) is 1.56. The van der Waals surface area contributed by atoms with Gasteiger partial charge in [0.2, 0.25) is 0 Å². The molecule has 0 saturated carbocycles. The first-order valence-electron chi connectivity index (χ1n) is 3.79. The summed E-state index contributed by atoms with van der Waals surface area (Å²) in [4.78, 5) is 8.39. The Morgan fingerprint density at radius 2 is 2.23 bits per heavy atom. The number of aromatic nitrogens is 2. The van der Waals surface area contributed by atoms with Gasteiger partial charge in [0, 0.05) is 5.56 Å². The molecule has 0 saturated heterocycles. The predicted octanol–water partition coefficient (Wildman–Crippen LogP) is 2.81. The zero-order valence-electron chi connectivity index (χ0n) is 6.99. The van der Waals surface area contributed by atoms with E-state index in [4.69, 9.17) is 4.42 Å². The van der Waals surface area contributed by atoms with Gasteiger partial charge in [-0.25, -0.2) is 9.97 Å². The summed E-state index contributed by atoms with van der Waals surface area (Å²) in [5.74, 6) is 0.741. The lowest BCUT2D eigenvalue weighted by Gasteiger charge is -1.98. The first-order valence-corrected chi connectivity index (χ1v) is 4.59. The van der Waals surface area contributed by atoms with E-state index in [1.165, 1.54) is 0 Å². The van der Waals surface area contributed by atoms with Gasteiger partial charge >= 0.3 is 0 Å². The van der Waals surface area contributed by atoms with Crippen molar-refractivity contribution < 1.29 is 4.42 Å². The number of hydrogen-bond donors (Lipinski definition) is 0. The fourth-order valence-electron chi connectivity index (χ4n) is 1.09. The smallest absolute Gasteiger partial charge is 0.127 e. The maximum atomic E-state index is 4.97. The monoisotopic (exact) mass is 238 g/mol. The summed E-state index contributed by atoms with van der Waals surface area (Å²) in [5, 5.41) is 0. The number of aryl methyl sites for hydroxylation is 1. The van der Waals surface area contributed by atoms with Crippen molar-refractivity contribution in [2.75, 3.05) is 0 Å². The molecule has 0 fully saturated rings. The molecule has 4 heteroatoms. The first kappa shape index (κ1) is 8.44. The predicted molar refractivity (Wildman–Crippen MR) is 52.2 cm³/mol. The van der Waals surface area contributed by atoms with Crippen molar-refractivity contribution in [1.29, 1.82) is 0 Å². The molecule has 0 unspecified atom stereocenters. The minimum Gasteiger partial charge on any atom is -0.472 e. The summed E-state index contributed by atoms with van der Waals surface area (Å²) < 4.78 is 5.76. The van der Waals surface area contributed by atoms with Gasteiger partial charge in [-0.2, -0.15) is 0 Å².